The number of hydrogen-bond donors (Lipinski definition) is 1. The molecule has 1 heterocycles. The summed E-state index contributed by atoms with van der Waals surface area (Å²) < 4.78 is 5.36. The molecule has 0 bridgehead atoms. The highest BCUT2D eigenvalue weighted by Crippen LogP contribution is 2.28. The predicted molar refractivity (Wildman–Crippen MR) is 68.7 cm³/mol. The summed E-state index contributed by atoms with van der Waals surface area (Å²) in [6.45, 7) is 1.72. The molecule has 0 saturated carbocycles. The third-order valence-electron chi connectivity index (χ3n) is 3.27. The van der Waals surface area contributed by atoms with Crippen LogP contribution in [0.15, 0.2) is 29.2 Å². The fourth-order valence-electron chi connectivity index (χ4n) is 2.17. The normalized spacial score (nSPS) is 19.6. The lowest BCUT2D eigenvalue weighted by Crippen LogP contribution is -2.27. The molecular formula is C13H19NOS. The van der Waals surface area contributed by atoms with Crippen LogP contribution >= 0.6 is 11.8 Å². The van der Waals surface area contributed by atoms with Crippen molar-refractivity contribution in [2.24, 2.45) is 11.7 Å². The maximum absolute atomic E-state index is 6.30. The molecule has 0 aromatic heterocycles. The van der Waals surface area contributed by atoms with Gasteiger partial charge in [-0.25, -0.2) is 0 Å². The Morgan fingerprint density at radius 3 is 2.44 bits per heavy atom. The molecule has 1 saturated heterocycles. The third-order valence-corrected chi connectivity index (χ3v) is 4.02. The minimum atomic E-state index is 0.166. The zero-order valence-electron chi connectivity index (χ0n) is 9.69. The van der Waals surface area contributed by atoms with Crippen LogP contribution < -0.4 is 5.73 Å². The first-order valence-electron chi connectivity index (χ1n) is 5.78. The van der Waals surface area contributed by atoms with Crippen molar-refractivity contribution in [3.8, 4) is 0 Å². The predicted octanol–water partition coefficient (Wildman–Crippen LogP) is 2.83. The summed E-state index contributed by atoms with van der Waals surface area (Å²) in [5.41, 5.74) is 7.55. The molecule has 1 aliphatic rings. The SMILES string of the molecule is CSc1ccc(C(N)C2CCOCC2)cc1. The van der Waals surface area contributed by atoms with Gasteiger partial charge in [-0.15, -0.1) is 11.8 Å². The van der Waals surface area contributed by atoms with E-state index in [2.05, 4.69) is 30.5 Å². The summed E-state index contributed by atoms with van der Waals surface area (Å²) in [6.07, 6.45) is 4.27. The minimum Gasteiger partial charge on any atom is -0.381 e. The van der Waals surface area contributed by atoms with Gasteiger partial charge in [0.2, 0.25) is 0 Å². The Bertz CT molecular complexity index is 319. The first kappa shape index (κ1) is 12.0. The maximum Gasteiger partial charge on any atom is 0.0469 e. The second-order valence-corrected chi connectivity index (χ2v) is 5.13. The fourth-order valence-corrected chi connectivity index (χ4v) is 2.58. The van der Waals surface area contributed by atoms with E-state index < -0.39 is 0 Å². The molecule has 1 aromatic rings. The summed E-state index contributed by atoms with van der Waals surface area (Å²) in [7, 11) is 0. The van der Waals surface area contributed by atoms with Gasteiger partial charge >= 0.3 is 0 Å². The summed E-state index contributed by atoms with van der Waals surface area (Å²) in [4.78, 5) is 1.29. The molecule has 2 N–H and O–H groups in total. The van der Waals surface area contributed by atoms with E-state index in [1.165, 1.54) is 10.5 Å². The van der Waals surface area contributed by atoms with Crippen molar-refractivity contribution in [2.75, 3.05) is 19.5 Å². The molecule has 2 nitrogen and oxygen atoms in total. The van der Waals surface area contributed by atoms with Gasteiger partial charge in [0, 0.05) is 24.2 Å². The highest BCUT2D eigenvalue weighted by Gasteiger charge is 2.21. The van der Waals surface area contributed by atoms with Crippen molar-refractivity contribution >= 4 is 11.8 Å². The van der Waals surface area contributed by atoms with Gasteiger partial charge in [-0.2, -0.15) is 0 Å². The third kappa shape index (κ3) is 2.78. The van der Waals surface area contributed by atoms with E-state index in [-0.39, 0.29) is 6.04 Å². The van der Waals surface area contributed by atoms with E-state index in [1.807, 2.05) is 0 Å². The monoisotopic (exact) mass is 237 g/mol. The van der Waals surface area contributed by atoms with Crippen LogP contribution in [0.5, 0.6) is 0 Å². The molecule has 1 unspecified atom stereocenters. The molecule has 1 atom stereocenters. The Hall–Kier alpha value is -0.510. The van der Waals surface area contributed by atoms with Gasteiger partial charge in [0.1, 0.15) is 0 Å². The number of ether oxygens (including phenoxy) is 1. The topological polar surface area (TPSA) is 35.2 Å². The van der Waals surface area contributed by atoms with Gasteiger partial charge in [0.05, 0.1) is 0 Å². The average molecular weight is 237 g/mol. The second-order valence-electron chi connectivity index (χ2n) is 4.25. The second kappa shape index (κ2) is 5.71. The largest absolute Gasteiger partial charge is 0.381 e. The molecule has 1 aliphatic heterocycles. The minimum absolute atomic E-state index is 0.166. The molecule has 0 amide bonds. The average Bonchev–Trinajstić information content (AvgIpc) is 2.39. The van der Waals surface area contributed by atoms with Gasteiger partial charge in [-0.05, 0) is 42.7 Å². The lowest BCUT2D eigenvalue weighted by molar-refractivity contribution is 0.0584. The van der Waals surface area contributed by atoms with Gasteiger partial charge in [0.15, 0.2) is 0 Å². The first-order valence-corrected chi connectivity index (χ1v) is 7.01. The molecule has 0 spiro atoms. The molecule has 3 heteroatoms. The number of benzene rings is 1. The van der Waals surface area contributed by atoms with Crippen molar-refractivity contribution < 1.29 is 4.74 Å². The van der Waals surface area contributed by atoms with Crippen LogP contribution in [-0.2, 0) is 4.74 Å². The van der Waals surface area contributed by atoms with Crippen LogP contribution in [-0.4, -0.2) is 19.5 Å². The van der Waals surface area contributed by atoms with E-state index >= 15 is 0 Å². The van der Waals surface area contributed by atoms with Crippen molar-refractivity contribution in [3.05, 3.63) is 29.8 Å². The van der Waals surface area contributed by atoms with E-state index in [4.69, 9.17) is 10.5 Å². The fraction of sp³-hybridized carbons (Fsp3) is 0.538. The summed E-state index contributed by atoms with van der Waals surface area (Å²) in [5.74, 6) is 0.578. The number of rotatable bonds is 3. The zero-order valence-corrected chi connectivity index (χ0v) is 10.5. The number of hydrogen-bond acceptors (Lipinski definition) is 3. The number of nitrogens with two attached hydrogens (primary N) is 1. The summed E-state index contributed by atoms with van der Waals surface area (Å²) in [6, 6.07) is 8.79. The summed E-state index contributed by atoms with van der Waals surface area (Å²) >= 11 is 1.76. The quantitative estimate of drug-likeness (QED) is 0.821. The highest BCUT2D eigenvalue weighted by molar-refractivity contribution is 7.98. The van der Waals surface area contributed by atoms with Gasteiger partial charge in [0.25, 0.3) is 0 Å². The van der Waals surface area contributed by atoms with E-state index in [1.54, 1.807) is 11.8 Å². The van der Waals surface area contributed by atoms with Crippen LogP contribution in [0.25, 0.3) is 0 Å². The molecule has 2 rings (SSSR count). The zero-order chi connectivity index (χ0) is 11.4. The lowest BCUT2D eigenvalue weighted by atomic mass is 9.88. The van der Waals surface area contributed by atoms with E-state index in [0.717, 1.165) is 26.1 Å². The van der Waals surface area contributed by atoms with Crippen molar-refractivity contribution in [2.45, 2.75) is 23.8 Å². The summed E-state index contributed by atoms with van der Waals surface area (Å²) in [5, 5.41) is 0. The van der Waals surface area contributed by atoms with Crippen LogP contribution in [0.4, 0.5) is 0 Å². The Labute approximate surface area is 102 Å². The van der Waals surface area contributed by atoms with Gasteiger partial charge in [-0.1, -0.05) is 12.1 Å². The molecule has 88 valence electrons. The Morgan fingerprint density at radius 2 is 1.88 bits per heavy atom. The van der Waals surface area contributed by atoms with Crippen LogP contribution in [0.2, 0.25) is 0 Å². The van der Waals surface area contributed by atoms with E-state index in [9.17, 15) is 0 Å². The Kier molecular flexibility index (Phi) is 4.27. The van der Waals surface area contributed by atoms with Crippen LogP contribution in [0.1, 0.15) is 24.4 Å². The molecular weight excluding hydrogens is 218 g/mol. The maximum atomic E-state index is 6.30. The van der Waals surface area contributed by atoms with Crippen molar-refractivity contribution in [3.63, 3.8) is 0 Å². The Morgan fingerprint density at radius 1 is 1.25 bits per heavy atom. The molecule has 1 aromatic carbocycles. The van der Waals surface area contributed by atoms with E-state index in [0.29, 0.717) is 5.92 Å². The molecule has 0 aliphatic carbocycles. The molecule has 1 fully saturated rings. The standard InChI is InChI=1S/C13H19NOS/c1-16-12-4-2-10(3-5-12)13(14)11-6-8-15-9-7-11/h2-5,11,13H,6-9,14H2,1H3. The van der Waals surface area contributed by atoms with Crippen molar-refractivity contribution in [1.82, 2.24) is 0 Å². The van der Waals surface area contributed by atoms with Crippen LogP contribution in [0, 0.1) is 5.92 Å². The van der Waals surface area contributed by atoms with Gasteiger partial charge in [-0.3, -0.25) is 0 Å². The van der Waals surface area contributed by atoms with Crippen molar-refractivity contribution in [1.29, 1.82) is 0 Å². The molecule has 16 heavy (non-hydrogen) atoms. The van der Waals surface area contributed by atoms with Crippen LogP contribution in [0.3, 0.4) is 0 Å². The smallest absolute Gasteiger partial charge is 0.0469 e. The molecule has 0 radical (unpaired) electrons. The Balaban J connectivity index is 2.04. The lowest BCUT2D eigenvalue weighted by Gasteiger charge is -2.27. The highest BCUT2D eigenvalue weighted by atomic mass is 32.2. The number of thioether (sulfide) groups is 1. The van der Waals surface area contributed by atoms with Gasteiger partial charge < -0.3 is 10.5 Å². The first-order chi connectivity index (χ1) is 7.81.